The van der Waals surface area contributed by atoms with E-state index in [0.717, 1.165) is 49.8 Å². The van der Waals surface area contributed by atoms with E-state index >= 15 is 0 Å². The van der Waals surface area contributed by atoms with Gasteiger partial charge in [-0.25, -0.2) is 0 Å². The van der Waals surface area contributed by atoms with E-state index in [1.54, 1.807) is 26.0 Å². The zero-order valence-corrected chi connectivity index (χ0v) is 18.5. The highest BCUT2D eigenvalue weighted by Crippen LogP contribution is 2.43. The van der Waals surface area contributed by atoms with Gasteiger partial charge in [0.25, 0.3) is 0 Å². The summed E-state index contributed by atoms with van der Waals surface area (Å²) in [6, 6.07) is 5.71. The number of rotatable bonds is 7. The van der Waals surface area contributed by atoms with Gasteiger partial charge in [0.15, 0.2) is 0 Å². The van der Waals surface area contributed by atoms with Gasteiger partial charge in [-0.2, -0.15) is 0 Å². The monoisotopic (exact) mass is 421 g/mol. The van der Waals surface area contributed by atoms with E-state index in [1.165, 1.54) is 0 Å². The van der Waals surface area contributed by atoms with E-state index in [1.807, 2.05) is 41.8 Å². The predicted molar refractivity (Wildman–Crippen MR) is 114 cm³/mol. The Kier molecular flexibility index (Phi) is 7.29. The van der Waals surface area contributed by atoms with Crippen LogP contribution < -0.4 is 9.47 Å². The molecule has 0 N–H and O–H groups in total. The van der Waals surface area contributed by atoms with Crippen molar-refractivity contribution in [2.75, 3.05) is 59.2 Å². The minimum atomic E-state index is -0.0728. The predicted octanol–water partition coefficient (Wildman–Crippen LogP) is 2.08. The quantitative estimate of drug-likeness (QED) is 0.672. The average molecular weight is 422 g/mol. The molecule has 0 saturated carbocycles. The Labute approximate surface area is 177 Å². The molecule has 8 heteroatoms. The number of hydrogen-bond donors (Lipinski definition) is 0. The van der Waals surface area contributed by atoms with Gasteiger partial charge in [0.05, 0.1) is 20.0 Å². The zero-order valence-electron chi connectivity index (χ0n) is 17.7. The van der Waals surface area contributed by atoms with Crippen LogP contribution in [0.3, 0.4) is 0 Å². The van der Waals surface area contributed by atoms with Crippen LogP contribution in [0.2, 0.25) is 0 Å². The molecular weight excluding hydrogens is 390 g/mol. The lowest BCUT2D eigenvalue weighted by Crippen LogP contribution is -2.51. The van der Waals surface area contributed by atoms with Gasteiger partial charge in [0.2, 0.25) is 11.8 Å². The summed E-state index contributed by atoms with van der Waals surface area (Å²) in [6.45, 7) is 8.56. The second-order valence-electron chi connectivity index (χ2n) is 7.68. The minimum absolute atomic E-state index is 0.0411. The molecule has 7 nitrogen and oxygen atoms in total. The largest absolute Gasteiger partial charge is 0.497 e. The molecule has 3 rings (SSSR count). The van der Waals surface area contributed by atoms with E-state index in [-0.39, 0.29) is 23.1 Å². The lowest BCUT2D eigenvalue weighted by Gasteiger charge is -2.36. The van der Waals surface area contributed by atoms with Crippen LogP contribution in [0.15, 0.2) is 18.2 Å². The molecule has 2 amide bonds. The van der Waals surface area contributed by atoms with Crippen molar-refractivity contribution < 1.29 is 19.1 Å². The Morgan fingerprint density at radius 1 is 1.14 bits per heavy atom. The van der Waals surface area contributed by atoms with E-state index < -0.39 is 0 Å². The molecule has 2 fully saturated rings. The Morgan fingerprint density at radius 2 is 1.86 bits per heavy atom. The van der Waals surface area contributed by atoms with Crippen molar-refractivity contribution >= 4 is 23.6 Å². The molecule has 0 unspecified atom stereocenters. The van der Waals surface area contributed by atoms with Crippen LogP contribution in [0, 0.1) is 5.92 Å². The lowest BCUT2D eigenvalue weighted by molar-refractivity contribution is -0.136. The van der Waals surface area contributed by atoms with Gasteiger partial charge in [0.1, 0.15) is 16.9 Å². The number of nitrogens with zero attached hydrogens (tertiary/aromatic N) is 3. The summed E-state index contributed by atoms with van der Waals surface area (Å²) >= 11 is 1.62. The van der Waals surface area contributed by atoms with Crippen molar-refractivity contribution in [3.63, 3.8) is 0 Å². The molecule has 160 valence electrons. The molecule has 1 aromatic rings. The normalized spacial score (nSPS) is 20.4. The topological polar surface area (TPSA) is 62.3 Å². The molecule has 0 radical (unpaired) electrons. The van der Waals surface area contributed by atoms with Crippen LogP contribution in [0.5, 0.6) is 11.5 Å². The summed E-state index contributed by atoms with van der Waals surface area (Å²) in [5.41, 5.74) is 0.968. The molecule has 2 saturated heterocycles. The number of benzene rings is 1. The summed E-state index contributed by atoms with van der Waals surface area (Å²) in [6.07, 6.45) is 0. The second-order valence-corrected chi connectivity index (χ2v) is 8.75. The number of ether oxygens (including phenoxy) is 2. The number of piperazine rings is 1. The molecule has 2 heterocycles. The summed E-state index contributed by atoms with van der Waals surface area (Å²) in [7, 11) is 3.29. The van der Waals surface area contributed by atoms with Gasteiger partial charge in [-0.1, -0.05) is 13.8 Å². The summed E-state index contributed by atoms with van der Waals surface area (Å²) in [5.74, 6) is 2.41. The van der Waals surface area contributed by atoms with Crippen LogP contribution in [0.1, 0.15) is 24.8 Å². The highest BCUT2D eigenvalue weighted by atomic mass is 32.2. The summed E-state index contributed by atoms with van der Waals surface area (Å²) < 4.78 is 10.9. The molecule has 2 aliphatic rings. The number of hydrogen-bond acceptors (Lipinski definition) is 6. The van der Waals surface area contributed by atoms with Crippen molar-refractivity contribution in [1.29, 1.82) is 0 Å². The number of amides is 2. The first kappa shape index (κ1) is 21.8. The van der Waals surface area contributed by atoms with Crippen LogP contribution in [-0.4, -0.2) is 85.8 Å². The van der Waals surface area contributed by atoms with Crippen molar-refractivity contribution in [2.45, 2.75) is 19.2 Å². The summed E-state index contributed by atoms with van der Waals surface area (Å²) in [4.78, 5) is 30.9. The Balaban J connectivity index is 1.62. The van der Waals surface area contributed by atoms with Gasteiger partial charge in [-0.3, -0.25) is 14.5 Å². The third-order valence-electron chi connectivity index (χ3n) is 5.51. The van der Waals surface area contributed by atoms with Gasteiger partial charge in [0, 0.05) is 50.7 Å². The number of thioether (sulfide) groups is 1. The van der Waals surface area contributed by atoms with Crippen molar-refractivity contribution in [3.8, 4) is 11.5 Å². The van der Waals surface area contributed by atoms with Crippen molar-refractivity contribution in [2.24, 2.45) is 5.92 Å². The van der Waals surface area contributed by atoms with Gasteiger partial charge in [-0.05, 0) is 18.2 Å². The van der Waals surface area contributed by atoms with E-state index in [4.69, 9.17) is 9.47 Å². The van der Waals surface area contributed by atoms with E-state index in [2.05, 4.69) is 4.90 Å². The maximum atomic E-state index is 12.6. The maximum absolute atomic E-state index is 12.6. The smallest absolute Gasteiger partial charge is 0.233 e. The van der Waals surface area contributed by atoms with Crippen LogP contribution >= 0.6 is 11.8 Å². The Bertz CT molecular complexity index is 735. The first-order valence-corrected chi connectivity index (χ1v) is 11.1. The average Bonchev–Trinajstić information content (AvgIpc) is 3.11. The molecule has 0 spiro atoms. The number of methoxy groups -OCH3 is 2. The molecule has 0 aliphatic carbocycles. The first-order chi connectivity index (χ1) is 13.9. The number of carbonyl (C=O) groups is 2. The fourth-order valence-corrected chi connectivity index (χ4v) is 5.03. The molecule has 0 aromatic heterocycles. The van der Waals surface area contributed by atoms with Crippen LogP contribution in [-0.2, 0) is 9.59 Å². The molecule has 0 bridgehead atoms. The summed E-state index contributed by atoms with van der Waals surface area (Å²) in [5, 5.41) is -0.0728. The molecular formula is C21H31N3O4S. The molecule has 1 atom stereocenters. The second kappa shape index (κ2) is 9.71. The van der Waals surface area contributed by atoms with Crippen molar-refractivity contribution in [3.05, 3.63) is 23.8 Å². The van der Waals surface area contributed by atoms with Gasteiger partial charge >= 0.3 is 0 Å². The first-order valence-electron chi connectivity index (χ1n) is 10.1. The zero-order chi connectivity index (χ0) is 21.0. The maximum Gasteiger partial charge on any atom is 0.233 e. The molecule has 1 aromatic carbocycles. The number of carbonyl (C=O) groups excluding carboxylic acids is 2. The lowest BCUT2D eigenvalue weighted by atomic mass is 10.1. The Morgan fingerprint density at radius 3 is 2.48 bits per heavy atom. The highest BCUT2D eigenvalue weighted by Gasteiger charge is 2.35. The van der Waals surface area contributed by atoms with Crippen LogP contribution in [0.25, 0.3) is 0 Å². The third kappa shape index (κ3) is 4.98. The van der Waals surface area contributed by atoms with Gasteiger partial charge < -0.3 is 19.3 Å². The fraction of sp³-hybridized carbons (Fsp3) is 0.619. The fourth-order valence-electron chi connectivity index (χ4n) is 3.79. The Hall–Kier alpha value is -1.93. The van der Waals surface area contributed by atoms with Crippen LogP contribution in [0.4, 0.5) is 0 Å². The minimum Gasteiger partial charge on any atom is -0.497 e. The highest BCUT2D eigenvalue weighted by molar-refractivity contribution is 8.00. The molecule has 2 aliphatic heterocycles. The van der Waals surface area contributed by atoms with E-state index in [9.17, 15) is 9.59 Å². The standard InChI is InChI=1S/C21H31N3O4S/c1-15(2)20(26)23-10-7-22(8-11-23)9-12-24-19(25)14-29-21(24)17-13-16(27-3)5-6-18(17)28-4/h5-6,13,15,21H,7-12,14H2,1-4H3/t21-/m1/s1. The third-order valence-corrected chi connectivity index (χ3v) is 6.74. The van der Waals surface area contributed by atoms with Crippen molar-refractivity contribution in [1.82, 2.24) is 14.7 Å². The SMILES string of the molecule is COc1ccc(OC)c([C@H]2SCC(=O)N2CCN2CCN(C(=O)C(C)C)CC2)c1. The molecule has 29 heavy (non-hydrogen) atoms. The van der Waals surface area contributed by atoms with E-state index in [0.29, 0.717) is 12.3 Å². The van der Waals surface area contributed by atoms with Gasteiger partial charge in [-0.15, -0.1) is 11.8 Å².